The number of aryl methyl sites for hydroxylation is 2. The molecule has 0 bridgehead atoms. The van der Waals surface area contributed by atoms with Crippen LogP contribution in [0.25, 0.3) is 10.9 Å². The highest BCUT2D eigenvalue weighted by Gasteiger charge is 2.06. The Hall–Kier alpha value is -2.17. The number of anilines is 1. The highest BCUT2D eigenvalue weighted by molar-refractivity contribution is 6.42. The molecule has 1 aromatic heterocycles. The zero-order valence-electron chi connectivity index (χ0n) is 13.4. The maximum Gasteiger partial charge on any atom is 0.319 e. The van der Waals surface area contributed by atoms with E-state index in [0.29, 0.717) is 22.3 Å². The number of hydrogen-bond acceptors (Lipinski definition) is 1. The van der Waals surface area contributed by atoms with E-state index in [1.807, 2.05) is 13.1 Å². The maximum absolute atomic E-state index is 12.0. The number of rotatable bonds is 3. The zero-order chi connectivity index (χ0) is 17.3. The molecule has 0 saturated heterocycles. The van der Waals surface area contributed by atoms with Gasteiger partial charge in [-0.25, -0.2) is 4.79 Å². The molecule has 0 aliphatic rings. The van der Waals surface area contributed by atoms with Crippen LogP contribution in [0.2, 0.25) is 10.0 Å². The minimum Gasteiger partial charge on any atom is -0.348 e. The molecule has 124 valence electrons. The lowest BCUT2D eigenvalue weighted by molar-refractivity contribution is 0.251. The molecule has 6 heteroatoms. The summed E-state index contributed by atoms with van der Waals surface area (Å²) in [4.78, 5) is 12.0. The van der Waals surface area contributed by atoms with Crippen molar-refractivity contribution < 1.29 is 4.79 Å². The van der Waals surface area contributed by atoms with Gasteiger partial charge in [0.2, 0.25) is 0 Å². The van der Waals surface area contributed by atoms with Crippen LogP contribution in [-0.2, 0) is 13.6 Å². The molecule has 0 radical (unpaired) electrons. The molecule has 0 spiro atoms. The summed E-state index contributed by atoms with van der Waals surface area (Å²) in [5.74, 6) is 0. The van der Waals surface area contributed by atoms with Gasteiger partial charge in [0.05, 0.1) is 10.0 Å². The van der Waals surface area contributed by atoms with Crippen LogP contribution in [0.15, 0.2) is 42.5 Å². The maximum atomic E-state index is 12.0. The Kier molecular flexibility index (Phi) is 4.69. The number of amides is 2. The Morgan fingerprint density at radius 2 is 1.88 bits per heavy atom. The lowest BCUT2D eigenvalue weighted by atomic mass is 10.1. The number of hydrogen-bond donors (Lipinski definition) is 2. The summed E-state index contributed by atoms with van der Waals surface area (Å²) in [7, 11) is 2.04. The SMILES string of the molecule is Cc1cc2cc(CNC(=O)Nc3ccc(Cl)c(Cl)c3)ccc2n1C. The molecule has 3 aromatic rings. The minimum atomic E-state index is -0.294. The predicted octanol–water partition coefficient (Wildman–Crippen LogP) is 5.12. The summed E-state index contributed by atoms with van der Waals surface area (Å²) in [5, 5.41) is 7.59. The van der Waals surface area contributed by atoms with Crippen LogP contribution in [-0.4, -0.2) is 10.6 Å². The summed E-state index contributed by atoms with van der Waals surface area (Å²) < 4.78 is 2.14. The first-order chi connectivity index (χ1) is 11.4. The number of fused-ring (bicyclic) bond motifs is 1. The Balaban J connectivity index is 1.64. The second-order valence-electron chi connectivity index (χ2n) is 5.67. The van der Waals surface area contributed by atoms with E-state index in [0.717, 1.165) is 5.56 Å². The number of nitrogens with one attached hydrogen (secondary N) is 2. The average Bonchev–Trinajstić information content (AvgIpc) is 2.83. The Labute approximate surface area is 150 Å². The van der Waals surface area contributed by atoms with Gasteiger partial charge in [0.25, 0.3) is 0 Å². The van der Waals surface area contributed by atoms with Crippen LogP contribution in [0.5, 0.6) is 0 Å². The standard InChI is InChI=1S/C18H17Cl2N3O/c1-11-7-13-8-12(3-6-17(13)23(11)2)10-21-18(24)22-14-4-5-15(19)16(20)9-14/h3-9H,10H2,1-2H3,(H2,21,22,24). The highest BCUT2D eigenvalue weighted by atomic mass is 35.5. The normalized spacial score (nSPS) is 10.8. The van der Waals surface area contributed by atoms with E-state index in [-0.39, 0.29) is 6.03 Å². The molecule has 3 rings (SSSR count). The third kappa shape index (κ3) is 3.50. The molecule has 2 aromatic carbocycles. The number of benzene rings is 2. The summed E-state index contributed by atoms with van der Waals surface area (Å²) >= 11 is 11.8. The minimum absolute atomic E-state index is 0.294. The van der Waals surface area contributed by atoms with E-state index in [4.69, 9.17) is 23.2 Å². The third-order valence-electron chi connectivity index (χ3n) is 3.98. The van der Waals surface area contributed by atoms with E-state index in [9.17, 15) is 4.79 Å². The number of halogens is 2. The van der Waals surface area contributed by atoms with Crippen molar-refractivity contribution in [1.29, 1.82) is 0 Å². The first-order valence-corrected chi connectivity index (χ1v) is 8.24. The quantitative estimate of drug-likeness (QED) is 0.668. The number of nitrogens with zero attached hydrogens (tertiary/aromatic N) is 1. The Bertz CT molecular complexity index is 918. The number of aromatic nitrogens is 1. The molecule has 2 N–H and O–H groups in total. The summed E-state index contributed by atoms with van der Waals surface area (Å²) in [6.07, 6.45) is 0. The van der Waals surface area contributed by atoms with E-state index in [1.54, 1.807) is 18.2 Å². The van der Waals surface area contributed by atoms with Crippen molar-refractivity contribution >= 4 is 45.8 Å². The molecule has 0 aliphatic heterocycles. The summed E-state index contributed by atoms with van der Waals surface area (Å²) in [5.41, 5.74) is 4.01. The Morgan fingerprint density at radius 1 is 1.08 bits per heavy atom. The smallest absolute Gasteiger partial charge is 0.319 e. The van der Waals surface area contributed by atoms with Crippen molar-refractivity contribution in [3.63, 3.8) is 0 Å². The van der Waals surface area contributed by atoms with Crippen molar-refractivity contribution in [3.05, 3.63) is 63.8 Å². The van der Waals surface area contributed by atoms with E-state index >= 15 is 0 Å². The van der Waals surface area contributed by atoms with Crippen LogP contribution in [0.3, 0.4) is 0 Å². The third-order valence-corrected chi connectivity index (χ3v) is 4.72. The monoisotopic (exact) mass is 361 g/mol. The second kappa shape index (κ2) is 6.75. The van der Waals surface area contributed by atoms with E-state index < -0.39 is 0 Å². The molecule has 24 heavy (non-hydrogen) atoms. The topological polar surface area (TPSA) is 46.1 Å². The van der Waals surface area contributed by atoms with Crippen LogP contribution in [0, 0.1) is 6.92 Å². The van der Waals surface area contributed by atoms with E-state index in [2.05, 4.69) is 40.3 Å². The predicted molar refractivity (Wildman–Crippen MR) is 100.0 cm³/mol. The first-order valence-electron chi connectivity index (χ1n) is 7.49. The second-order valence-corrected chi connectivity index (χ2v) is 6.49. The fourth-order valence-corrected chi connectivity index (χ4v) is 2.88. The number of urea groups is 1. The summed E-state index contributed by atoms with van der Waals surface area (Å²) in [6, 6.07) is 13.0. The van der Waals surface area contributed by atoms with Gasteiger partial charge in [0.15, 0.2) is 0 Å². The van der Waals surface area contributed by atoms with Crippen molar-refractivity contribution in [2.24, 2.45) is 7.05 Å². The Morgan fingerprint density at radius 3 is 2.62 bits per heavy atom. The highest BCUT2D eigenvalue weighted by Crippen LogP contribution is 2.25. The van der Waals surface area contributed by atoms with E-state index in [1.165, 1.54) is 16.6 Å². The zero-order valence-corrected chi connectivity index (χ0v) is 14.9. The van der Waals surface area contributed by atoms with Gasteiger partial charge in [0.1, 0.15) is 0 Å². The van der Waals surface area contributed by atoms with Gasteiger partial charge in [0, 0.05) is 35.9 Å². The van der Waals surface area contributed by atoms with Gasteiger partial charge in [-0.1, -0.05) is 29.3 Å². The van der Waals surface area contributed by atoms with Crippen molar-refractivity contribution in [2.75, 3.05) is 5.32 Å². The van der Waals surface area contributed by atoms with Crippen molar-refractivity contribution in [3.8, 4) is 0 Å². The molecule has 0 saturated carbocycles. The molecule has 0 unspecified atom stereocenters. The number of carbonyl (C=O) groups is 1. The van der Waals surface area contributed by atoms with Gasteiger partial charge in [-0.2, -0.15) is 0 Å². The van der Waals surface area contributed by atoms with Crippen LogP contribution in [0.4, 0.5) is 10.5 Å². The van der Waals surface area contributed by atoms with Gasteiger partial charge in [-0.3, -0.25) is 0 Å². The average molecular weight is 362 g/mol. The van der Waals surface area contributed by atoms with Gasteiger partial charge >= 0.3 is 6.03 Å². The molecule has 4 nitrogen and oxygen atoms in total. The fraction of sp³-hybridized carbons (Fsp3) is 0.167. The van der Waals surface area contributed by atoms with Gasteiger partial charge in [-0.05, 0) is 48.9 Å². The lowest BCUT2D eigenvalue weighted by Gasteiger charge is -2.09. The number of carbonyl (C=O) groups excluding carboxylic acids is 1. The molecule has 0 atom stereocenters. The molecular weight excluding hydrogens is 345 g/mol. The van der Waals surface area contributed by atoms with Crippen LogP contribution in [0.1, 0.15) is 11.3 Å². The fourth-order valence-electron chi connectivity index (χ4n) is 2.58. The van der Waals surface area contributed by atoms with Gasteiger partial charge < -0.3 is 15.2 Å². The molecule has 1 heterocycles. The molecule has 2 amide bonds. The lowest BCUT2D eigenvalue weighted by Crippen LogP contribution is -2.28. The van der Waals surface area contributed by atoms with Crippen molar-refractivity contribution in [1.82, 2.24) is 9.88 Å². The largest absolute Gasteiger partial charge is 0.348 e. The van der Waals surface area contributed by atoms with Crippen molar-refractivity contribution in [2.45, 2.75) is 13.5 Å². The van der Waals surface area contributed by atoms with Crippen LogP contribution >= 0.6 is 23.2 Å². The summed E-state index contributed by atoms with van der Waals surface area (Å²) in [6.45, 7) is 2.51. The van der Waals surface area contributed by atoms with Crippen LogP contribution < -0.4 is 10.6 Å². The molecule has 0 aliphatic carbocycles. The van der Waals surface area contributed by atoms with Gasteiger partial charge in [-0.15, -0.1) is 0 Å². The molecular formula is C18H17Cl2N3O. The first kappa shape index (κ1) is 16.7. The molecule has 0 fully saturated rings.